The first-order valence-corrected chi connectivity index (χ1v) is 11.3. The maximum Gasteiger partial charge on any atom is 0.303 e. The van der Waals surface area contributed by atoms with Gasteiger partial charge >= 0.3 is 5.97 Å². The third kappa shape index (κ3) is 4.72. The number of esters is 1. The van der Waals surface area contributed by atoms with Crippen LogP contribution in [-0.2, 0) is 16.1 Å². The third-order valence-electron chi connectivity index (χ3n) is 6.32. The lowest BCUT2D eigenvalue weighted by Crippen LogP contribution is -2.40. The molecular formula is C28H30FNO4. The fourth-order valence-electron chi connectivity index (χ4n) is 4.54. The Morgan fingerprint density at radius 1 is 1.03 bits per heavy atom. The van der Waals surface area contributed by atoms with Crippen LogP contribution in [0.5, 0.6) is 11.5 Å². The zero-order chi connectivity index (χ0) is 24.5. The van der Waals surface area contributed by atoms with Gasteiger partial charge in [-0.25, -0.2) is 4.39 Å². The Morgan fingerprint density at radius 3 is 2.44 bits per heavy atom. The van der Waals surface area contributed by atoms with Crippen molar-refractivity contribution in [3.8, 4) is 11.5 Å². The van der Waals surface area contributed by atoms with Gasteiger partial charge in [0.25, 0.3) is 0 Å². The number of anilines is 1. The van der Waals surface area contributed by atoms with Gasteiger partial charge in [-0.1, -0.05) is 49.7 Å². The zero-order valence-corrected chi connectivity index (χ0v) is 20.1. The molecule has 1 aliphatic heterocycles. The quantitative estimate of drug-likeness (QED) is 0.422. The Hall–Kier alpha value is -3.54. The van der Waals surface area contributed by atoms with Crippen molar-refractivity contribution in [2.24, 2.45) is 5.41 Å². The molecule has 3 aromatic carbocycles. The van der Waals surface area contributed by atoms with Gasteiger partial charge in [0, 0.05) is 23.6 Å². The highest BCUT2D eigenvalue weighted by atomic mass is 19.1. The van der Waals surface area contributed by atoms with E-state index in [-0.39, 0.29) is 17.8 Å². The molecule has 0 amide bonds. The number of rotatable bonds is 6. The number of halogens is 1. The summed E-state index contributed by atoms with van der Waals surface area (Å²) >= 11 is 0. The molecule has 4 rings (SSSR count). The molecule has 1 heterocycles. The molecule has 2 atom stereocenters. The van der Waals surface area contributed by atoms with Crippen LogP contribution in [-0.4, -0.2) is 13.1 Å². The molecule has 1 N–H and O–H groups in total. The molecule has 3 aromatic rings. The van der Waals surface area contributed by atoms with E-state index in [1.165, 1.54) is 19.1 Å². The molecule has 0 saturated carbocycles. The van der Waals surface area contributed by atoms with Crippen LogP contribution in [0.4, 0.5) is 10.1 Å². The van der Waals surface area contributed by atoms with Crippen molar-refractivity contribution < 1.29 is 23.4 Å². The summed E-state index contributed by atoms with van der Waals surface area (Å²) in [4.78, 5) is 12.0. The van der Waals surface area contributed by atoms with Crippen LogP contribution in [0.25, 0.3) is 0 Å². The Kier molecular flexibility index (Phi) is 6.51. The molecule has 178 valence electrons. The molecule has 6 heteroatoms. The molecule has 0 spiro atoms. The van der Waals surface area contributed by atoms with Gasteiger partial charge in [-0.3, -0.25) is 4.79 Å². The smallest absolute Gasteiger partial charge is 0.303 e. The molecule has 2 unspecified atom stereocenters. The summed E-state index contributed by atoms with van der Waals surface area (Å²) in [6, 6.07) is 18.0. The highest BCUT2D eigenvalue weighted by Crippen LogP contribution is 2.54. The lowest BCUT2D eigenvalue weighted by molar-refractivity contribution is -0.154. The Bertz CT molecular complexity index is 1190. The number of aryl methyl sites for hydroxylation is 1. The van der Waals surface area contributed by atoms with Crippen molar-refractivity contribution in [3.05, 3.63) is 88.7 Å². The van der Waals surface area contributed by atoms with Crippen LogP contribution in [0.15, 0.2) is 60.7 Å². The fourth-order valence-corrected chi connectivity index (χ4v) is 4.54. The molecule has 0 fully saturated rings. The van der Waals surface area contributed by atoms with Crippen LogP contribution < -0.4 is 14.8 Å². The van der Waals surface area contributed by atoms with E-state index in [4.69, 9.17) is 14.2 Å². The van der Waals surface area contributed by atoms with Crippen molar-refractivity contribution in [3.63, 3.8) is 0 Å². The second kappa shape index (κ2) is 9.37. The summed E-state index contributed by atoms with van der Waals surface area (Å²) in [5.41, 5.74) is 4.42. The van der Waals surface area contributed by atoms with Gasteiger partial charge in [0.15, 0.2) is 11.5 Å². The molecule has 0 aliphatic carbocycles. The summed E-state index contributed by atoms with van der Waals surface area (Å²) in [6.07, 6.45) is -0.411. The summed E-state index contributed by atoms with van der Waals surface area (Å²) < 4.78 is 30.6. The van der Waals surface area contributed by atoms with Crippen LogP contribution in [0.2, 0.25) is 0 Å². The first kappa shape index (κ1) is 23.6. The first-order valence-electron chi connectivity index (χ1n) is 11.3. The maximum atomic E-state index is 13.2. The lowest BCUT2D eigenvalue weighted by Gasteiger charge is -2.46. The van der Waals surface area contributed by atoms with E-state index in [0.717, 1.165) is 27.9 Å². The third-order valence-corrected chi connectivity index (χ3v) is 6.32. The highest BCUT2D eigenvalue weighted by molar-refractivity contribution is 5.68. The van der Waals surface area contributed by atoms with Crippen LogP contribution in [0, 0.1) is 18.2 Å². The second-order valence-corrected chi connectivity index (χ2v) is 9.30. The minimum atomic E-state index is -0.450. The van der Waals surface area contributed by atoms with Crippen molar-refractivity contribution >= 4 is 11.7 Å². The zero-order valence-electron chi connectivity index (χ0n) is 20.1. The summed E-state index contributed by atoms with van der Waals surface area (Å²) in [7, 11) is 1.60. The van der Waals surface area contributed by atoms with E-state index in [1.807, 2.05) is 37.3 Å². The standard InChI is InChI=1S/C28H30FNO4/c1-17-6-12-23-22(14-17)27(34-18(2)31)28(3,4)26(30-23)20-9-13-24(25(15-20)32-5)33-16-19-7-10-21(29)11-8-19/h6-15,26-27,30H,16H2,1-5H3. The molecule has 1 aliphatic rings. The molecule has 0 bridgehead atoms. The fraction of sp³-hybridized carbons (Fsp3) is 0.321. The summed E-state index contributed by atoms with van der Waals surface area (Å²) in [6.45, 7) is 7.95. The number of nitrogens with one attached hydrogen (secondary N) is 1. The summed E-state index contributed by atoms with van der Waals surface area (Å²) in [5, 5.41) is 3.64. The Balaban J connectivity index is 1.65. The number of carbonyl (C=O) groups is 1. The minimum absolute atomic E-state index is 0.146. The van der Waals surface area contributed by atoms with Gasteiger partial charge in [-0.05, 0) is 48.4 Å². The number of benzene rings is 3. The Morgan fingerprint density at radius 2 is 1.76 bits per heavy atom. The monoisotopic (exact) mass is 463 g/mol. The van der Waals surface area contributed by atoms with Crippen molar-refractivity contribution in [1.82, 2.24) is 0 Å². The number of carbonyl (C=O) groups excluding carboxylic acids is 1. The molecule has 0 saturated heterocycles. The number of methoxy groups -OCH3 is 1. The molecular weight excluding hydrogens is 433 g/mol. The van der Waals surface area contributed by atoms with Gasteiger partial charge in [0.2, 0.25) is 0 Å². The predicted molar refractivity (Wildman–Crippen MR) is 130 cm³/mol. The van der Waals surface area contributed by atoms with E-state index >= 15 is 0 Å². The van der Waals surface area contributed by atoms with E-state index < -0.39 is 11.5 Å². The van der Waals surface area contributed by atoms with Gasteiger partial charge in [-0.15, -0.1) is 0 Å². The van der Waals surface area contributed by atoms with E-state index in [0.29, 0.717) is 18.1 Å². The molecule has 0 radical (unpaired) electrons. The average Bonchev–Trinajstić information content (AvgIpc) is 2.80. The van der Waals surface area contributed by atoms with Crippen LogP contribution in [0.1, 0.15) is 55.2 Å². The first-order chi connectivity index (χ1) is 16.2. The number of fused-ring (bicyclic) bond motifs is 1. The van der Waals surface area contributed by atoms with Gasteiger partial charge < -0.3 is 19.5 Å². The van der Waals surface area contributed by atoms with Gasteiger partial charge in [0.05, 0.1) is 13.2 Å². The van der Waals surface area contributed by atoms with Crippen molar-refractivity contribution in [2.75, 3.05) is 12.4 Å². The number of hydrogen-bond acceptors (Lipinski definition) is 5. The van der Waals surface area contributed by atoms with Crippen molar-refractivity contribution in [2.45, 2.75) is 46.4 Å². The second-order valence-electron chi connectivity index (χ2n) is 9.30. The van der Waals surface area contributed by atoms with Crippen molar-refractivity contribution in [1.29, 1.82) is 0 Å². The number of hydrogen-bond donors (Lipinski definition) is 1. The minimum Gasteiger partial charge on any atom is -0.493 e. The van der Waals surface area contributed by atoms with Gasteiger partial charge in [-0.2, -0.15) is 0 Å². The van der Waals surface area contributed by atoms with E-state index in [9.17, 15) is 9.18 Å². The topological polar surface area (TPSA) is 56.8 Å². The van der Waals surface area contributed by atoms with Crippen LogP contribution in [0.3, 0.4) is 0 Å². The summed E-state index contributed by atoms with van der Waals surface area (Å²) in [5.74, 6) is 0.595. The maximum absolute atomic E-state index is 13.2. The Labute approximate surface area is 199 Å². The molecule has 0 aromatic heterocycles. The average molecular weight is 464 g/mol. The number of ether oxygens (including phenoxy) is 3. The largest absolute Gasteiger partial charge is 0.493 e. The van der Waals surface area contributed by atoms with Crippen LogP contribution >= 0.6 is 0 Å². The highest BCUT2D eigenvalue weighted by Gasteiger charge is 2.46. The lowest BCUT2D eigenvalue weighted by atomic mass is 9.70. The SMILES string of the molecule is COc1cc(C2Nc3ccc(C)cc3C(OC(C)=O)C2(C)C)ccc1OCc1ccc(F)cc1. The van der Waals surface area contributed by atoms with E-state index in [2.05, 4.69) is 25.2 Å². The van der Waals surface area contributed by atoms with E-state index in [1.54, 1.807) is 19.2 Å². The predicted octanol–water partition coefficient (Wildman–Crippen LogP) is 6.52. The van der Waals surface area contributed by atoms with Gasteiger partial charge in [0.1, 0.15) is 18.5 Å². The molecule has 34 heavy (non-hydrogen) atoms. The normalized spacial score (nSPS) is 18.4. The molecule has 5 nitrogen and oxygen atoms in total.